The second-order valence-electron chi connectivity index (χ2n) is 10.4. The molecule has 0 saturated carbocycles. The van der Waals surface area contributed by atoms with Crippen LogP contribution in [0.1, 0.15) is 33.4 Å². The van der Waals surface area contributed by atoms with Crippen LogP contribution in [0, 0.1) is 0 Å². The summed E-state index contributed by atoms with van der Waals surface area (Å²) < 4.78 is 0. The van der Waals surface area contributed by atoms with Crippen molar-refractivity contribution in [2.45, 2.75) is 38.5 Å². The minimum Gasteiger partial charge on any atom is -0.0614 e. The Kier molecular flexibility index (Phi) is 5.32. The molecule has 7 rings (SSSR count). The van der Waals surface area contributed by atoms with Crippen LogP contribution in [0.5, 0.6) is 0 Å². The van der Waals surface area contributed by atoms with Crippen LogP contribution in [0.4, 0.5) is 0 Å². The van der Waals surface area contributed by atoms with Gasteiger partial charge in [-0.2, -0.15) is 0 Å². The van der Waals surface area contributed by atoms with Crippen molar-refractivity contribution in [3.8, 4) is 0 Å². The van der Waals surface area contributed by atoms with E-state index in [2.05, 4.69) is 109 Å². The van der Waals surface area contributed by atoms with Gasteiger partial charge in [-0.1, -0.05) is 109 Å². The quantitative estimate of drug-likeness (QED) is 0.211. The van der Waals surface area contributed by atoms with Crippen molar-refractivity contribution in [2.75, 3.05) is 0 Å². The highest BCUT2D eigenvalue weighted by atomic mass is 14.1. The summed E-state index contributed by atoms with van der Waals surface area (Å²) >= 11 is 0. The van der Waals surface area contributed by atoms with Crippen molar-refractivity contribution in [3.63, 3.8) is 0 Å². The Bertz CT molecular complexity index is 1530. The molecule has 0 heteroatoms. The first-order chi connectivity index (χ1) is 17.8. The van der Waals surface area contributed by atoms with Crippen molar-refractivity contribution in [1.82, 2.24) is 0 Å². The Labute approximate surface area is 213 Å². The minimum absolute atomic E-state index is 1.07. The van der Waals surface area contributed by atoms with Gasteiger partial charge in [0.15, 0.2) is 0 Å². The van der Waals surface area contributed by atoms with Gasteiger partial charge in [0.25, 0.3) is 0 Å². The molecule has 0 unspecified atom stereocenters. The summed E-state index contributed by atoms with van der Waals surface area (Å²) in [5.41, 5.74) is 8.66. The third-order valence-corrected chi connectivity index (χ3v) is 8.16. The summed E-state index contributed by atoms with van der Waals surface area (Å²) in [6.07, 6.45) is 6.40. The van der Waals surface area contributed by atoms with Crippen LogP contribution < -0.4 is 0 Å². The zero-order valence-electron chi connectivity index (χ0n) is 20.6. The highest BCUT2D eigenvalue weighted by Gasteiger charge is 2.09. The van der Waals surface area contributed by atoms with Gasteiger partial charge in [0.05, 0.1) is 0 Å². The lowest BCUT2D eigenvalue weighted by molar-refractivity contribution is 0.954. The van der Waals surface area contributed by atoms with E-state index in [1.54, 1.807) is 0 Å². The first-order valence-corrected chi connectivity index (χ1v) is 13.3. The third-order valence-electron chi connectivity index (χ3n) is 8.16. The van der Waals surface area contributed by atoms with Crippen LogP contribution in [-0.2, 0) is 38.5 Å². The van der Waals surface area contributed by atoms with Gasteiger partial charge in [-0.05, 0) is 104 Å². The van der Waals surface area contributed by atoms with Crippen LogP contribution >= 0.6 is 0 Å². The first kappa shape index (κ1) is 21.4. The number of aryl methyl sites for hydroxylation is 6. The molecule has 6 aromatic rings. The van der Waals surface area contributed by atoms with Crippen molar-refractivity contribution >= 4 is 32.3 Å². The molecule has 36 heavy (non-hydrogen) atoms. The molecule has 0 aliphatic heterocycles. The van der Waals surface area contributed by atoms with Gasteiger partial charge in [0.1, 0.15) is 0 Å². The molecule has 0 spiro atoms. The van der Waals surface area contributed by atoms with Crippen LogP contribution in [-0.4, -0.2) is 0 Å². The monoisotopic (exact) mass is 462 g/mol. The minimum atomic E-state index is 1.07. The molecule has 0 heterocycles. The highest BCUT2D eigenvalue weighted by Crippen LogP contribution is 2.28. The van der Waals surface area contributed by atoms with Gasteiger partial charge in [-0.3, -0.25) is 0 Å². The highest BCUT2D eigenvalue weighted by molar-refractivity contribution is 5.88. The van der Waals surface area contributed by atoms with Crippen molar-refractivity contribution in [1.29, 1.82) is 0 Å². The van der Waals surface area contributed by atoms with Gasteiger partial charge in [0, 0.05) is 0 Å². The van der Waals surface area contributed by atoms with Gasteiger partial charge >= 0.3 is 0 Å². The number of hydrogen-bond acceptors (Lipinski definition) is 0. The molecule has 6 bridgehead atoms. The van der Waals surface area contributed by atoms with Crippen LogP contribution in [0.2, 0.25) is 0 Å². The largest absolute Gasteiger partial charge is 0.0614 e. The lowest BCUT2D eigenvalue weighted by Gasteiger charge is -2.13. The zero-order valence-corrected chi connectivity index (χ0v) is 20.6. The first-order valence-electron chi connectivity index (χ1n) is 13.3. The number of fused-ring (bicyclic) bond motifs is 3. The Morgan fingerprint density at radius 3 is 0.972 bits per heavy atom. The topological polar surface area (TPSA) is 0 Å². The van der Waals surface area contributed by atoms with E-state index in [0.717, 1.165) is 38.5 Å². The number of rotatable bonds is 0. The van der Waals surface area contributed by atoms with E-state index in [0.29, 0.717) is 0 Å². The molecule has 0 saturated heterocycles. The molecule has 174 valence electrons. The average Bonchev–Trinajstić information content (AvgIpc) is 2.93. The lowest BCUT2D eigenvalue weighted by Crippen LogP contribution is -1.98. The smallest absolute Gasteiger partial charge is 0.0149 e. The second kappa shape index (κ2) is 8.95. The molecule has 0 nitrogen and oxygen atoms in total. The fraction of sp³-hybridized carbons (Fsp3) is 0.167. The van der Waals surface area contributed by atoms with Crippen molar-refractivity contribution in [3.05, 3.63) is 143 Å². The van der Waals surface area contributed by atoms with Gasteiger partial charge in [0.2, 0.25) is 0 Å². The average molecular weight is 463 g/mol. The molecular weight excluding hydrogens is 432 g/mol. The fourth-order valence-corrected chi connectivity index (χ4v) is 6.11. The van der Waals surface area contributed by atoms with Gasteiger partial charge in [-0.15, -0.1) is 0 Å². The molecule has 0 fully saturated rings. The Hall–Kier alpha value is -3.90. The predicted octanol–water partition coefficient (Wildman–Crippen LogP) is 8.82. The summed E-state index contributed by atoms with van der Waals surface area (Å²) in [7, 11) is 0. The lowest BCUT2D eigenvalue weighted by atomic mass is 9.91. The van der Waals surface area contributed by atoms with Crippen molar-refractivity contribution in [2.24, 2.45) is 0 Å². The summed E-state index contributed by atoms with van der Waals surface area (Å²) in [6.45, 7) is 0. The summed E-state index contributed by atoms with van der Waals surface area (Å²) in [5, 5.41) is 8.29. The normalized spacial score (nSPS) is 14.0. The zero-order chi connectivity index (χ0) is 23.9. The maximum Gasteiger partial charge on any atom is -0.0149 e. The van der Waals surface area contributed by atoms with Crippen LogP contribution in [0.15, 0.2) is 109 Å². The molecule has 0 radical (unpaired) electrons. The molecular formula is C36H30. The molecule has 0 amide bonds. The molecule has 1 aliphatic rings. The van der Waals surface area contributed by atoms with Gasteiger partial charge < -0.3 is 0 Å². The predicted molar refractivity (Wildman–Crippen MR) is 154 cm³/mol. The van der Waals surface area contributed by atoms with E-state index in [-0.39, 0.29) is 0 Å². The molecule has 6 aromatic carbocycles. The Morgan fingerprint density at radius 2 is 0.639 bits per heavy atom. The van der Waals surface area contributed by atoms with Gasteiger partial charge in [-0.25, -0.2) is 0 Å². The summed E-state index contributed by atoms with van der Waals surface area (Å²) in [4.78, 5) is 0. The maximum atomic E-state index is 2.45. The molecule has 0 N–H and O–H groups in total. The number of benzene rings is 6. The third kappa shape index (κ3) is 3.97. The summed E-state index contributed by atoms with van der Waals surface area (Å²) in [5.74, 6) is 0. The van der Waals surface area contributed by atoms with Crippen LogP contribution in [0.25, 0.3) is 32.3 Å². The molecule has 0 aromatic heterocycles. The number of hydrogen-bond donors (Lipinski definition) is 0. The Balaban J connectivity index is 1.39. The second-order valence-corrected chi connectivity index (χ2v) is 10.4. The standard InChI is InChI=1S/C36H30/c1-4-28-16-10-25-14-20-32-8-3-6-30-18-12-27(24-36(30)32)15-21-33-9-2-5-29-17-11-26(23-35(29)33)13-19-31(7-1)34(28)22-25/h1-12,16-18,22-24H,13-15,19-21H2. The van der Waals surface area contributed by atoms with E-state index in [1.807, 2.05) is 0 Å². The fourth-order valence-electron chi connectivity index (χ4n) is 6.11. The Morgan fingerprint density at radius 1 is 0.306 bits per heavy atom. The van der Waals surface area contributed by atoms with Crippen molar-refractivity contribution < 1.29 is 0 Å². The van der Waals surface area contributed by atoms with E-state index < -0.39 is 0 Å². The summed E-state index contributed by atoms with van der Waals surface area (Å²) in [6, 6.07) is 41.6. The maximum absolute atomic E-state index is 2.45. The van der Waals surface area contributed by atoms with E-state index >= 15 is 0 Å². The molecule has 0 atom stereocenters. The van der Waals surface area contributed by atoms with Crippen LogP contribution in [0.3, 0.4) is 0 Å². The van der Waals surface area contributed by atoms with E-state index in [1.165, 1.54) is 65.7 Å². The van der Waals surface area contributed by atoms with E-state index in [9.17, 15) is 0 Å². The van der Waals surface area contributed by atoms with E-state index in [4.69, 9.17) is 0 Å². The molecule has 1 aliphatic carbocycles. The SMILES string of the molecule is c1cc2c3cc(ccc3c1)CCc1cccc3ccc(cc13)CCc1cccc3ccc(cc13)CC2.